The Morgan fingerprint density at radius 1 is 0.935 bits per heavy atom. The number of ether oxygens (including phenoxy) is 2. The van der Waals surface area contributed by atoms with Crippen LogP contribution in [0.2, 0.25) is 0 Å². The van der Waals surface area contributed by atoms with Crippen molar-refractivity contribution in [2.24, 2.45) is 0 Å². The lowest BCUT2D eigenvalue weighted by molar-refractivity contribution is 0.0184. The maximum absolute atomic E-state index is 11.8. The number of carbonyl (C=O) groups is 1. The molecule has 6 nitrogen and oxygen atoms in total. The molecule has 2 aromatic carbocycles. The number of hydrogen-bond donors (Lipinski definition) is 3. The van der Waals surface area contributed by atoms with Crippen LogP contribution in [0.1, 0.15) is 62.7 Å². The molecule has 0 bridgehead atoms. The second-order valence-electron chi connectivity index (χ2n) is 7.64. The van der Waals surface area contributed by atoms with E-state index in [9.17, 15) is 15.0 Å². The maximum atomic E-state index is 11.8. The number of nitrogens with one attached hydrogen (secondary N) is 1. The van der Waals surface area contributed by atoms with Crippen LogP contribution in [0.4, 0.5) is 4.79 Å². The van der Waals surface area contributed by atoms with Crippen LogP contribution >= 0.6 is 0 Å². The van der Waals surface area contributed by atoms with E-state index in [4.69, 9.17) is 9.47 Å². The fraction of sp³-hybridized carbons (Fsp3) is 0.480. The van der Waals surface area contributed by atoms with E-state index in [1.165, 1.54) is 32.1 Å². The van der Waals surface area contributed by atoms with Gasteiger partial charge in [0, 0.05) is 6.54 Å². The largest absolute Gasteiger partial charge is 0.494 e. The molecule has 6 heteroatoms. The van der Waals surface area contributed by atoms with Gasteiger partial charge in [0.25, 0.3) is 0 Å². The molecule has 0 fully saturated rings. The lowest BCUT2D eigenvalue weighted by atomic mass is 10.0. The lowest BCUT2D eigenvalue weighted by Gasteiger charge is -2.19. The molecule has 0 aliphatic heterocycles. The number of alkyl carbamates (subject to hydrolysis) is 1. The molecule has 2 aromatic rings. The second kappa shape index (κ2) is 14.4. The Balaban J connectivity index is 1.65. The summed E-state index contributed by atoms with van der Waals surface area (Å²) in [7, 11) is 0. The van der Waals surface area contributed by atoms with Gasteiger partial charge in [0.2, 0.25) is 0 Å². The van der Waals surface area contributed by atoms with Crippen LogP contribution in [0.15, 0.2) is 54.6 Å². The lowest BCUT2D eigenvalue weighted by Crippen LogP contribution is -2.35. The maximum Gasteiger partial charge on any atom is 0.407 e. The molecule has 0 saturated heterocycles. The standard InChI is InChI=1S/C25H35NO5/c1-2-3-4-5-6-10-17-30-22-15-13-21(14-16-22)24(28)23(27)18-26-25(29)31-19-20-11-8-7-9-12-20/h7-9,11-16,23-24,27-28H,2-6,10,17-19H2,1H3,(H,26,29). The predicted octanol–water partition coefficient (Wildman–Crippen LogP) is 4.75. The molecular weight excluding hydrogens is 394 g/mol. The van der Waals surface area contributed by atoms with Gasteiger partial charge in [0.15, 0.2) is 0 Å². The van der Waals surface area contributed by atoms with Crippen molar-refractivity contribution in [3.05, 3.63) is 65.7 Å². The molecule has 3 N–H and O–H groups in total. The van der Waals surface area contributed by atoms with Gasteiger partial charge in [-0.2, -0.15) is 0 Å². The Bertz CT molecular complexity index is 735. The molecule has 2 rings (SSSR count). The minimum Gasteiger partial charge on any atom is -0.494 e. The molecule has 31 heavy (non-hydrogen) atoms. The van der Waals surface area contributed by atoms with Gasteiger partial charge in [0.1, 0.15) is 24.6 Å². The van der Waals surface area contributed by atoms with Crippen LogP contribution < -0.4 is 10.1 Å². The molecule has 2 unspecified atom stereocenters. The number of aliphatic hydroxyl groups is 2. The summed E-state index contributed by atoms with van der Waals surface area (Å²) in [6, 6.07) is 16.3. The van der Waals surface area contributed by atoms with Gasteiger partial charge in [-0.25, -0.2) is 4.79 Å². The fourth-order valence-corrected chi connectivity index (χ4v) is 3.13. The molecule has 0 heterocycles. The van der Waals surface area contributed by atoms with Gasteiger partial charge in [0.05, 0.1) is 6.61 Å². The fourth-order valence-electron chi connectivity index (χ4n) is 3.13. The normalized spacial score (nSPS) is 12.7. The third kappa shape index (κ3) is 9.85. The summed E-state index contributed by atoms with van der Waals surface area (Å²) >= 11 is 0. The number of benzene rings is 2. The highest BCUT2D eigenvalue weighted by Crippen LogP contribution is 2.20. The Kier molecular flexibility index (Phi) is 11.5. The first-order valence-electron chi connectivity index (χ1n) is 11.1. The van der Waals surface area contributed by atoms with Crippen LogP contribution in [0.5, 0.6) is 5.75 Å². The first-order chi connectivity index (χ1) is 15.1. The Morgan fingerprint density at radius 3 is 2.32 bits per heavy atom. The summed E-state index contributed by atoms with van der Waals surface area (Å²) in [5.74, 6) is 0.738. The third-order valence-electron chi connectivity index (χ3n) is 5.02. The third-order valence-corrected chi connectivity index (χ3v) is 5.02. The SMILES string of the molecule is CCCCCCCCOc1ccc(C(O)C(O)CNC(=O)OCc2ccccc2)cc1. The van der Waals surface area contributed by atoms with Gasteiger partial charge in [-0.1, -0.05) is 81.5 Å². The van der Waals surface area contributed by atoms with Crippen molar-refractivity contribution in [3.63, 3.8) is 0 Å². The van der Waals surface area contributed by atoms with Crippen LogP contribution in [0, 0.1) is 0 Å². The van der Waals surface area contributed by atoms with E-state index in [0.717, 1.165) is 17.7 Å². The number of hydrogen-bond acceptors (Lipinski definition) is 5. The van der Waals surface area contributed by atoms with E-state index >= 15 is 0 Å². The first kappa shape index (κ1) is 24.7. The van der Waals surface area contributed by atoms with Gasteiger partial charge in [-0.3, -0.25) is 0 Å². The molecule has 0 saturated carbocycles. The van der Waals surface area contributed by atoms with Crippen molar-refractivity contribution in [3.8, 4) is 5.75 Å². The topological polar surface area (TPSA) is 88.0 Å². The highest BCUT2D eigenvalue weighted by atomic mass is 16.5. The average Bonchev–Trinajstić information content (AvgIpc) is 2.81. The van der Waals surface area contributed by atoms with Crippen molar-refractivity contribution in [2.75, 3.05) is 13.2 Å². The number of carbonyl (C=O) groups excluding carboxylic acids is 1. The summed E-state index contributed by atoms with van der Waals surface area (Å²) in [4.78, 5) is 11.8. The molecule has 0 aliphatic rings. The van der Waals surface area contributed by atoms with Crippen LogP contribution in [-0.2, 0) is 11.3 Å². The zero-order valence-electron chi connectivity index (χ0n) is 18.3. The molecule has 170 valence electrons. The van der Waals surface area contributed by atoms with Crippen LogP contribution in [0.3, 0.4) is 0 Å². The molecule has 0 spiro atoms. The molecule has 1 amide bonds. The summed E-state index contributed by atoms with van der Waals surface area (Å²) < 4.78 is 10.8. The zero-order chi connectivity index (χ0) is 22.3. The quantitative estimate of drug-likeness (QED) is 0.377. The summed E-state index contributed by atoms with van der Waals surface area (Å²) in [5, 5.41) is 23.0. The number of aliphatic hydroxyl groups excluding tert-OH is 2. The van der Waals surface area contributed by atoms with Gasteiger partial charge >= 0.3 is 6.09 Å². The van der Waals surface area contributed by atoms with Crippen molar-refractivity contribution < 1.29 is 24.5 Å². The Morgan fingerprint density at radius 2 is 1.61 bits per heavy atom. The second-order valence-corrected chi connectivity index (χ2v) is 7.64. The van der Waals surface area contributed by atoms with Crippen molar-refractivity contribution in [1.29, 1.82) is 0 Å². The van der Waals surface area contributed by atoms with E-state index in [0.29, 0.717) is 12.2 Å². The first-order valence-corrected chi connectivity index (χ1v) is 11.1. The molecular formula is C25H35NO5. The van der Waals surface area contributed by atoms with E-state index in [1.807, 2.05) is 30.3 Å². The number of rotatable bonds is 14. The monoisotopic (exact) mass is 429 g/mol. The summed E-state index contributed by atoms with van der Waals surface area (Å²) in [6.07, 6.45) is 4.34. The van der Waals surface area contributed by atoms with Gasteiger partial charge in [-0.05, 0) is 29.7 Å². The van der Waals surface area contributed by atoms with E-state index < -0.39 is 18.3 Å². The Labute approximate surface area is 185 Å². The van der Waals surface area contributed by atoms with Crippen molar-refractivity contribution in [2.45, 2.75) is 64.3 Å². The van der Waals surface area contributed by atoms with Gasteiger partial charge < -0.3 is 25.0 Å². The van der Waals surface area contributed by atoms with E-state index in [1.54, 1.807) is 24.3 Å². The minimum atomic E-state index is -1.15. The summed E-state index contributed by atoms with van der Waals surface area (Å²) in [5.41, 5.74) is 1.43. The number of amides is 1. The van der Waals surface area contributed by atoms with Crippen LogP contribution in [0.25, 0.3) is 0 Å². The average molecular weight is 430 g/mol. The summed E-state index contributed by atoms with van der Waals surface area (Å²) in [6.45, 7) is 2.91. The van der Waals surface area contributed by atoms with Gasteiger partial charge in [-0.15, -0.1) is 0 Å². The molecule has 0 aromatic heterocycles. The smallest absolute Gasteiger partial charge is 0.407 e. The zero-order valence-corrected chi connectivity index (χ0v) is 18.3. The molecule has 2 atom stereocenters. The minimum absolute atomic E-state index is 0.120. The molecule has 0 aliphatic carbocycles. The van der Waals surface area contributed by atoms with E-state index in [-0.39, 0.29) is 13.2 Å². The number of unbranched alkanes of at least 4 members (excludes halogenated alkanes) is 5. The van der Waals surface area contributed by atoms with E-state index in [2.05, 4.69) is 12.2 Å². The van der Waals surface area contributed by atoms with Crippen LogP contribution in [-0.4, -0.2) is 35.6 Å². The predicted molar refractivity (Wildman–Crippen MR) is 121 cm³/mol. The Hall–Kier alpha value is -2.57. The van der Waals surface area contributed by atoms with Crippen molar-refractivity contribution >= 4 is 6.09 Å². The highest BCUT2D eigenvalue weighted by molar-refractivity contribution is 5.67. The van der Waals surface area contributed by atoms with Crippen molar-refractivity contribution in [1.82, 2.24) is 5.32 Å². The molecule has 0 radical (unpaired) electrons. The highest BCUT2D eigenvalue weighted by Gasteiger charge is 2.19.